The number of H-pyrrole nitrogens is 1. The molecule has 3 aromatic rings. The van der Waals surface area contributed by atoms with Gasteiger partial charge in [-0.3, -0.25) is 0 Å². The summed E-state index contributed by atoms with van der Waals surface area (Å²) in [7, 11) is 0. The fourth-order valence-electron chi connectivity index (χ4n) is 1.71. The van der Waals surface area contributed by atoms with Gasteiger partial charge >= 0.3 is 5.97 Å². The molecule has 114 valence electrons. The van der Waals surface area contributed by atoms with Crippen LogP contribution in [0.4, 0.5) is 0 Å². The molecule has 0 unspecified atom stereocenters. The predicted octanol–water partition coefficient (Wildman–Crippen LogP) is 2.46. The lowest BCUT2D eigenvalue weighted by Crippen LogP contribution is -1.99. The van der Waals surface area contributed by atoms with Gasteiger partial charge < -0.3 is 9.84 Å². The van der Waals surface area contributed by atoms with Crippen LogP contribution >= 0.6 is 11.3 Å². The largest absolute Gasteiger partial charge is 0.476 e. The molecule has 23 heavy (non-hydrogen) atoms. The Morgan fingerprint density at radius 1 is 1.39 bits per heavy atom. The van der Waals surface area contributed by atoms with E-state index >= 15 is 0 Å². The Bertz CT molecular complexity index is 920. The number of aromatic nitrogens is 4. The second-order valence-corrected chi connectivity index (χ2v) is 5.33. The van der Waals surface area contributed by atoms with Gasteiger partial charge in [0.05, 0.1) is 0 Å². The number of nitrogens with one attached hydrogen (secondary N) is 1. The first-order valence-corrected chi connectivity index (χ1v) is 7.36. The molecule has 0 radical (unpaired) electrons. The highest BCUT2D eigenvalue weighted by atomic mass is 32.1. The first-order chi connectivity index (χ1) is 11.1. The topological polar surface area (TPSA) is 101 Å². The maximum atomic E-state index is 11.0. The third-order valence-corrected chi connectivity index (χ3v) is 3.59. The molecule has 0 spiro atoms. The quantitative estimate of drug-likeness (QED) is 0.717. The van der Waals surface area contributed by atoms with Gasteiger partial charge in [0.25, 0.3) is 5.88 Å². The Kier molecular flexibility index (Phi) is 4.03. The molecule has 0 fully saturated rings. The number of thiazole rings is 1. The summed E-state index contributed by atoms with van der Waals surface area (Å²) in [5.74, 6) is 5.09. The zero-order valence-electron chi connectivity index (χ0n) is 11.9. The molecule has 1 aromatic carbocycles. The summed E-state index contributed by atoms with van der Waals surface area (Å²) in [6, 6.07) is 6.95. The van der Waals surface area contributed by atoms with E-state index in [4.69, 9.17) is 9.84 Å². The van der Waals surface area contributed by atoms with Gasteiger partial charge in [-0.25, -0.2) is 14.9 Å². The summed E-state index contributed by atoms with van der Waals surface area (Å²) in [4.78, 5) is 15.2. The minimum absolute atomic E-state index is 0.0989. The third kappa shape index (κ3) is 3.53. The Balaban J connectivity index is 1.81. The molecule has 0 saturated heterocycles. The zero-order chi connectivity index (χ0) is 16.2. The van der Waals surface area contributed by atoms with E-state index in [1.165, 1.54) is 11.3 Å². The fourth-order valence-corrected chi connectivity index (χ4v) is 2.36. The summed E-state index contributed by atoms with van der Waals surface area (Å²) in [6.07, 6.45) is 0. The van der Waals surface area contributed by atoms with Crippen molar-refractivity contribution in [1.82, 2.24) is 20.4 Å². The molecule has 0 aliphatic rings. The maximum absolute atomic E-state index is 11.0. The molecule has 2 N–H and O–H groups in total. The number of carbonyl (C=O) groups is 1. The maximum Gasteiger partial charge on any atom is 0.359 e. The molecule has 3 rings (SSSR count). The molecule has 0 saturated carbocycles. The van der Waals surface area contributed by atoms with Crippen molar-refractivity contribution in [3.63, 3.8) is 0 Å². The van der Waals surface area contributed by atoms with E-state index in [0.29, 0.717) is 5.75 Å². The lowest BCUT2D eigenvalue weighted by Gasteiger charge is -2.02. The SMILES string of the molecule is Cc1csc(C#Cc2cccc(Oc3nn[nH]c3C(=O)O)c2)n1. The van der Waals surface area contributed by atoms with Crippen LogP contribution in [0.2, 0.25) is 0 Å². The van der Waals surface area contributed by atoms with Crippen molar-refractivity contribution in [1.29, 1.82) is 0 Å². The van der Waals surface area contributed by atoms with E-state index in [9.17, 15) is 4.79 Å². The smallest absolute Gasteiger partial charge is 0.359 e. The average molecular weight is 326 g/mol. The number of carboxylic acids is 1. The van der Waals surface area contributed by atoms with Crippen LogP contribution in [0, 0.1) is 18.8 Å². The van der Waals surface area contributed by atoms with Crippen molar-refractivity contribution < 1.29 is 14.6 Å². The number of rotatable bonds is 3. The van der Waals surface area contributed by atoms with Crippen molar-refractivity contribution in [2.75, 3.05) is 0 Å². The van der Waals surface area contributed by atoms with Crippen molar-refractivity contribution >= 4 is 17.3 Å². The number of aryl methyl sites for hydroxylation is 1. The van der Waals surface area contributed by atoms with E-state index in [0.717, 1.165) is 16.3 Å². The highest BCUT2D eigenvalue weighted by Crippen LogP contribution is 2.22. The van der Waals surface area contributed by atoms with Gasteiger partial charge in [-0.1, -0.05) is 22.3 Å². The van der Waals surface area contributed by atoms with Crippen LogP contribution in [0.15, 0.2) is 29.6 Å². The molecule has 0 atom stereocenters. The molecular weight excluding hydrogens is 316 g/mol. The molecule has 2 aromatic heterocycles. The van der Waals surface area contributed by atoms with Gasteiger partial charge in [0.15, 0.2) is 5.01 Å². The van der Waals surface area contributed by atoms with E-state index in [1.807, 2.05) is 18.4 Å². The summed E-state index contributed by atoms with van der Waals surface area (Å²) in [5, 5.41) is 20.9. The normalized spacial score (nSPS) is 9.96. The van der Waals surface area contributed by atoms with Crippen LogP contribution in [-0.2, 0) is 0 Å². The van der Waals surface area contributed by atoms with Crippen LogP contribution < -0.4 is 4.74 Å². The predicted molar refractivity (Wildman–Crippen MR) is 82.7 cm³/mol. The number of aromatic carboxylic acids is 1. The standard InChI is InChI=1S/C15H10N4O3S/c1-9-8-23-12(16-9)6-5-10-3-2-4-11(7-10)22-14-13(15(20)21)17-19-18-14/h2-4,7-8H,1H3,(H,20,21)(H,17,18,19). The van der Waals surface area contributed by atoms with E-state index in [1.54, 1.807) is 18.2 Å². The first-order valence-electron chi connectivity index (χ1n) is 6.48. The number of carboxylic acid groups (broad SMARTS) is 1. The highest BCUT2D eigenvalue weighted by molar-refractivity contribution is 7.10. The minimum Gasteiger partial charge on any atom is -0.476 e. The average Bonchev–Trinajstić information content (AvgIpc) is 3.14. The van der Waals surface area contributed by atoms with Crippen LogP contribution in [-0.4, -0.2) is 31.5 Å². The van der Waals surface area contributed by atoms with Crippen LogP contribution in [0.1, 0.15) is 26.8 Å². The number of nitrogens with zero attached hydrogens (tertiary/aromatic N) is 3. The van der Waals surface area contributed by atoms with Gasteiger partial charge in [0, 0.05) is 16.6 Å². The molecule has 0 aliphatic heterocycles. The zero-order valence-corrected chi connectivity index (χ0v) is 12.7. The summed E-state index contributed by atoms with van der Waals surface area (Å²) in [5.41, 5.74) is 1.44. The van der Waals surface area contributed by atoms with Crippen LogP contribution in [0.3, 0.4) is 0 Å². The second-order valence-electron chi connectivity index (χ2n) is 4.47. The number of benzene rings is 1. The number of hydrogen-bond donors (Lipinski definition) is 2. The number of ether oxygens (including phenoxy) is 1. The van der Waals surface area contributed by atoms with E-state index < -0.39 is 5.97 Å². The van der Waals surface area contributed by atoms with Gasteiger partial charge in [0.2, 0.25) is 5.69 Å². The lowest BCUT2D eigenvalue weighted by molar-refractivity contribution is 0.0687. The monoisotopic (exact) mass is 326 g/mol. The molecule has 2 heterocycles. The van der Waals surface area contributed by atoms with Crippen LogP contribution in [0.5, 0.6) is 11.6 Å². The van der Waals surface area contributed by atoms with E-state index in [2.05, 4.69) is 32.2 Å². The highest BCUT2D eigenvalue weighted by Gasteiger charge is 2.16. The third-order valence-electron chi connectivity index (χ3n) is 2.71. The Morgan fingerprint density at radius 3 is 3.00 bits per heavy atom. The lowest BCUT2D eigenvalue weighted by atomic mass is 10.2. The summed E-state index contributed by atoms with van der Waals surface area (Å²) >= 11 is 1.48. The molecule has 0 amide bonds. The molecule has 7 nitrogen and oxygen atoms in total. The minimum atomic E-state index is -1.19. The van der Waals surface area contributed by atoms with Gasteiger partial charge in [-0.05, 0) is 31.0 Å². The molecule has 0 aliphatic carbocycles. The van der Waals surface area contributed by atoms with Crippen molar-refractivity contribution in [2.45, 2.75) is 6.92 Å². The second kappa shape index (κ2) is 6.29. The first kappa shape index (κ1) is 14.7. The fraction of sp³-hybridized carbons (Fsp3) is 0.0667. The Morgan fingerprint density at radius 2 is 2.26 bits per heavy atom. The summed E-state index contributed by atoms with van der Waals surface area (Å²) in [6.45, 7) is 1.91. The number of aromatic amines is 1. The van der Waals surface area contributed by atoms with Crippen LogP contribution in [0.25, 0.3) is 0 Å². The van der Waals surface area contributed by atoms with E-state index in [-0.39, 0.29) is 11.6 Å². The molecule has 8 heteroatoms. The van der Waals surface area contributed by atoms with Gasteiger partial charge in [-0.15, -0.1) is 11.3 Å². The van der Waals surface area contributed by atoms with Crippen molar-refractivity contribution in [3.8, 4) is 23.5 Å². The van der Waals surface area contributed by atoms with Crippen molar-refractivity contribution in [2.24, 2.45) is 0 Å². The van der Waals surface area contributed by atoms with Gasteiger partial charge in [-0.2, -0.15) is 0 Å². The Labute approximate surface area is 135 Å². The van der Waals surface area contributed by atoms with Gasteiger partial charge in [0.1, 0.15) is 5.75 Å². The van der Waals surface area contributed by atoms with Crippen molar-refractivity contribution in [3.05, 3.63) is 51.6 Å². The Hall–Kier alpha value is -3.18. The molecular formula is C15H10N4O3S. The number of hydrogen-bond acceptors (Lipinski definition) is 6. The molecule has 0 bridgehead atoms. The summed E-state index contributed by atoms with van der Waals surface area (Å²) < 4.78 is 5.44.